The molecular formula is C23H33N5OS. The number of likely N-dealkylation sites (tertiary alicyclic amines) is 2. The van der Waals surface area contributed by atoms with Crippen LogP contribution in [0.5, 0.6) is 0 Å². The highest BCUT2D eigenvalue weighted by Gasteiger charge is 2.24. The molecule has 2 fully saturated rings. The second-order valence-electron chi connectivity index (χ2n) is 8.53. The second kappa shape index (κ2) is 10.4. The SMILES string of the molecule is CC1CCCCN1C(=O)CSc1nnc(CN2CCCCC2)n1Cc1ccccc1. The standard InChI is InChI=1S/C23H33N5OS/c1-19-10-6-9-15-27(19)22(29)18-30-23-25-24-21(17-26-13-7-3-8-14-26)28(23)16-20-11-4-2-5-12-20/h2,4-5,11-12,19H,3,6-10,13-18H2,1H3. The molecule has 0 saturated carbocycles. The number of hydrogen-bond donors (Lipinski definition) is 0. The average Bonchev–Trinajstić information content (AvgIpc) is 3.15. The normalized spacial score (nSPS) is 20.4. The number of amides is 1. The van der Waals surface area contributed by atoms with Crippen molar-refractivity contribution in [2.45, 2.75) is 69.7 Å². The fourth-order valence-corrected chi connectivity index (χ4v) is 5.31. The lowest BCUT2D eigenvalue weighted by Crippen LogP contribution is -2.43. The fourth-order valence-electron chi connectivity index (χ4n) is 4.46. The van der Waals surface area contributed by atoms with Crippen LogP contribution in [0, 0.1) is 0 Å². The smallest absolute Gasteiger partial charge is 0.233 e. The van der Waals surface area contributed by atoms with E-state index >= 15 is 0 Å². The van der Waals surface area contributed by atoms with Crippen LogP contribution in [0.4, 0.5) is 0 Å². The molecule has 0 bridgehead atoms. The van der Waals surface area contributed by atoms with E-state index in [4.69, 9.17) is 0 Å². The van der Waals surface area contributed by atoms with Crippen molar-refractivity contribution in [2.24, 2.45) is 0 Å². The summed E-state index contributed by atoms with van der Waals surface area (Å²) < 4.78 is 2.21. The summed E-state index contributed by atoms with van der Waals surface area (Å²) in [5, 5.41) is 9.88. The van der Waals surface area contributed by atoms with Gasteiger partial charge >= 0.3 is 0 Å². The Hall–Kier alpha value is -1.86. The number of thioether (sulfide) groups is 1. The van der Waals surface area contributed by atoms with Gasteiger partial charge in [0.05, 0.1) is 18.8 Å². The molecular weight excluding hydrogens is 394 g/mol. The van der Waals surface area contributed by atoms with Crippen LogP contribution in [0.2, 0.25) is 0 Å². The Morgan fingerprint density at radius 2 is 1.77 bits per heavy atom. The molecule has 0 radical (unpaired) electrons. The first kappa shape index (κ1) is 21.4. The summed E-state index contributed by atoms with van der Waals surface area (Å²) in [7, 11) is 0. The molecule has 4 rings (SSSR count). The summed E-state index contributed by atoms with van der Waals surface area (Å²) in [6.07, 6.45) is 7.30. The van der Waals surface area contributed by atoms with Crippen molar-refractivity contribution in [3.63, 3.8) is 0 Å². The molecule has 2 aliphatic heterocycles. The summed E-state index contributed by atoms with van der Waals surface area (Å²) in [6.45, 7) is 6.89. The first-order valence-corrected chi connectivity index (χ1v) is 12.3. The van der Waals surface area contributed by atoms with Crippen molar-refractivity contribution in [1.29, 1.82) is 0 Å². The Labute approximate surface area is 184 Å². The number of piperidine rings is 2. The summed E-state index contributed by atoms with van der Waals surface area (Å²) in [5.41, 5.74) is 1.23. The molecule has 7 heteroatoms. The van der Waals surface area contributed by atoms with Crippen molar-refractivity contribution in [2.75, 3.05) is 25.4 Å². The highest BCUT2D eigenvalue weighted by atomic mass is 32.2. The van der Waals surface area contributed by atoms with E-state index in [1.807, 2.05) is 11.0 Å². The Balaban J connectivity index is 1.47. The Morgan fingerprint density at radius 1 is 1.00 bits per heavy atom. The number of hydrogen-bond acceptors (Lipinski definition) is 5. The van der Waals surface area contributed by atoms with Gasteiger partial charge in [-0.1, -0.05) is 48.5 Å². The molecule has 2 aliphatic rings. The van der Waals surface area contributed by atoms with E-state index in [2.05, 4.69) is 50.9 Å². The quantitative estimate of drug-likeness (QED) is 0.629. The van der Waals surface area contributed by atoms with Crippen molar-refractivity contribution in [3.8, 4) is 0 Å². The number of benzene rings is 1. The van der Waals surface area contributed by atoms with Crippen molar-refractivity contribution >= 4 is 17.7 Å². The lowest BCUT2D eigenvalue weighted by molar-refractivity contribution is -0.131. The van der Waals surface area contributed by atoms with Gasteiger partial charge in [-0.05, 0) is 57.7 Å². The molecule has 6 nitrogen and oxygen atoms in total. The predicted octanol–water partition coefficient (Wildman–Crippen LogP) is 3.81. The molecule has 1 aromatic carbocycles. The van der Waals surface area contributed by atoms with E-state index in [-0.39, 0.29) is 5.91 Å². The number of carbonyl (C=O) groups is 1. The van der Waals surface area contributed by atoms with Crippen LogP contribution in [0.25, 0.3) is 0 Å². The number of carbonyl (C=O) groups excluding carboxylic acids is 1. The topological polar surface area (TPSA) is 54.3 Å². The van der Waals surface area contributed by atoms with Crippen LogP contribution < -0.4 is 0 Å². The van der Waals surface area contributed by atoms with Gasteiger partial charge in [0.25, 0.3) is 0 Å². The van der Waals surface area contributed by atoms with Crippen LogP contribution >= 0.6 is 11.8 Å². The Kier molecular flexibility index (Phi) is 7.44. The summed E-state index contributed by atoms with van der Waals surface area (Å²) in [4.78, 5) is 17.3. The van der Waals surface area contributed by atoms with E-state index in [1.54, 1.807) is 0 Å². The zero-order chi connectivity index (χ0) is 20.8. The minimum Gasteiger partial charge on any atom is -0.339 e. The molecule has 0 N–H and O–H groups in total. The number of rotatable bonds is 7. The highest BCUT2D eigenvalue weighted by molar-refractivity contribution is 7.99. The first-order valence-electron chi connectivity index (χ1n) is 11.3. The highest BCUT2D eigenvalue weighted by Crippen LogP contribution is 2.23. The fraction of sp³-hybridized carbons (Fsp3) is 0.609. The van der Waals surface area contributed by atoms with Crippen molar-refractivity contribution in [1.82, 2.24) is 24.6 Å². The maximum atomic E-state index is 12.8. The zero-order valence-electron chi connectivity index (χ0n) is 18.0. The predicted molar refractivity (Wildman–Crippen MR) is 120 cm³/mol. The third-order valence-electron chi connectivity index (χ3n) is 6.24. The zero-order valence-corrected chi connectivity index (χ0v) is 18.8. The first-order chi connectivity index (χ1) is 14.7. The van der Waals surface area contributed by atoms with Gasteiger partial charge in [-0.15, -0.1) is 10.2 Å². The molecule has 1 aromatic heterocycles. The summed E-state index contributed by atoms with van der Waals surface area (Å²) in [5.74, 6) is 1.65. The third kappa shape index (κ3) is 5.43. The van der Waals surface area contributed by atoms with Crippen LogP contribution in [-0.2, 0) is 17.9 Å². The maximum absolute atomic E-state index is 12.8. The van der Waals surface area contributed by atoms with Crippen molar-refractivity contribution < 1.29 is 4.79 Å². The third-order valence-corrected chi connectivity index (χ3v) is 7.19. The van der Waals surface area contributed by atoms with E-state index in [1.165, 1.54) is 43.0 Å². The number of nitrogens with zero attached hydrogens (tertiary/aromatic N) is 5. The van der Waals surface area contributed by atoms with Crippen LogP contribution in [-0.4, -0.2) is 61.9 Å². The van der Waals surface area contributed by atoms with Crippen LogP contribution in [0.15, 0.2) is 35.5 Å². The Bertz CT molecular complexity index is 818. The van der Waals surface area contributed by atoms with Crippen LogP contribution in [0.3, 0.4) is 0 Å². The second-order valence-corrected chi connectivity index (χ2v) is 9.47. The van der Waals surface area contributed by atoms with E-state index in [9.17, 15) is 4.79 Å². The number of aromatic nitrogens is 3. The molecule has 3 heterocycles. The molecule has 1 atom stereocenters. The molecule has 30 heavy (non-hydrogen) atoms. The van der Waals surface area contributed by atoms with E-state index in [0.717, 1.165) is 56.5 Å². The van der Waals surface area contributed by atoms with Gasteiger partial charge in [-0.3, -0.25) is 9.69 Å². The lowest BCUT2D eigenvalue weighted by atomic mass is 10.0. The average molecular weight is 428 g/mol. The van der Waals surface area contributed by atoms with Gasteiger partial charge in [-0.2, -0.15) is 0 Å². The van der Waals surface area contributed by atoms with Gasteiger partial charge < -0.3 is 9.47 Å². The van der Waals surface area contributed by atoms with Crippen molar-refractivity contribution in [3.05, 3.63) is 41.7 Å². The maximum Gasteiger partial charge on any atom is 0.233 e. The van der Waals surface area contributed by atoms with Crippen LogP contribution in [0.1, 0.15) is 56.8 Å². The molecule has 2 aromatic rings. The summed E-state index contributed by atoms with van der Waals surface area (Å²) in [6, 6.07) is 10.8. The lowest BCUT2D eigenvalue weighted by Gasteiger charge is -2.33. The molecule has 162 valence electrons. The molecule has 2 saturated heterocycles. The summed E-state index contributed by atoms with van der Waals surface area (Å²) >= 11 is 1.53. The largest absolute Gasteiger partial charge is 0.339 e. The molecule has 0 spiro atoms. The Morgan fingerprint density at radius 3 is 2.53 bits per heavy atom. The molecule has 1 unspecified atom stereocenters. The van der Waals surface area contributed by atoms with Gasteiger partial charge in [0.1, 0.15) is 5.82 Å². The van der Waals surface area contributed by atoms with E-state index < -0.39 is 0 Å². The van der Waals surface area contributed by atoms with E-state index in [0.29, 0.717) is 11.8 Å². The molecule has 0 aliphatic carbocycles. The van der Waals surface area contributed by atoms with Gasteiger partial charge in [0.15, 0.2) is 5.16 Å². The minimum absolute atomic E-state index is 0.221. The van der Waals surface area contributed by atoms with Gasteiger partial charge in [0.2, 0.25) is 5.91 Å². The van der Waals surface area contributed by atoms with Gasteiger partial charge in [0, 0.05) is 12.6 Å². The van der Waals surface area contributed by atoms with Gasteiger partial charge in [-0.25, -0.2) is 0 Å². The molecule has 1 amide bonds. The monoisotopic (exact) mass is 427 g/mol. The minimum atomic E-state index is 0.221.